The minimum atomic E-state index is 0.908. The molecule has 20 heavy (non-hydrogen) atoms. The number of amidine groups is 1. The molecule has 0 spiro atoms. The number of benzene rings is 2. The van der Waals surface area contributed by atoms with Crippen molar-refractivity contribution in [1.82, 2.24) is 0 Å². The SMILES string of the molecule is c1ccc2cc(NC3=NCC4=C3CCCC4)ccc2c1. The summed E-state index contributed by atoms with van der Waals surface area (Å²) >= 11 is 0. The van der Waals surface area contributed by atoms with Gasteiger partial charge in [0.05, 0.1) is 6.54 Å². The van der Waals surface area contributed by atoms with Crippen LogP contribution in [-0.2, 0) is 0 Å². The molecule has 0 saturated carbocycles. The molecule has 0 bridgehead atoms. The van der Waals surface area contributed by atoms with Crippen LogP contribution in [0.15, 0.2) is 58.6 Å². The van der Waals surface area contributed by atoms with Crippen molar-refractivity contribution in [3.8, 4) is 0 Å². The number of aliphatic imine (C=N–C) groups is 1. The molecule has 0 saturated heterocycles. The Bertz CT molecular complexity index is 725. The third-order valence-electron chi connectivity index (χ3n) is 4.31. The van der Waals surface area contributed by atoms with Crippen LogP contribution in [0.1, 0.15) is 25.7 Å². The Labute approximate surface area is 119 Å². The van der Waals surface area contributed by atoms with Crippen molar-refractivity contribution in [2.75, 3.05) is 11.9 Å². The Morgan fingerprint density at radius 1 is 0.900 bits per heavy atom. The maximum absolute atomic E-state index is 4.69. The second kappa shape index (κ2) is 4.78. The second-order valence-corrected chi connectivity index (χ2v) is 5.64. The minimum absolute atomic E-state index is 0.908. The number of nitrogens with one attached hydrogen (secondary N) is 1. The number of anilines is 1. The summed E-state index contributed by atoms with van der Waals surface area (Å²) in [4.78, 5) is 4.69. The van der Waals surface area contributed by atoms with E-state index in [9.17, 15) is 0 Å². The van der Waals surface area contributed by atoms with Crippen molar-refractivity contribution in [3.05, 3.63) is 53.6 Å². The molecule has 1 N–H and O–H groups in total. The fraction of sp³-hybridized carbons (Fsp3) is 0.278. The number of nitrogens with zero attached hydrogens (tertiary/aromatic N) is 1. The summed E-state index contributed by atoms with van der Waals surface area (Å²) in [5.74, 6) is 1.11. The second-order valence-electron chi connectivity index (χ2n) is 5.64. The van der Waals surface area contributed by atoms with E-state index >= 15 is 0 Å². The standard InChI is InChI=1S/C18H18N2/c1-2-6-14-11-16(10-9-13(14)5-1)20-18-17-8-4-3-7-15(17)12-19-18/h1-2,5-6,9-11H,3-4,7-8,12H2,(H,19,20). The van der Waals surface area contributed by atoms with Crippen LogP contribution in [0, 0.1) is 0 Å². The zero-order valence-corrected chi connectivity index (χ0v) is 11.5. The van der Waals surface area contributed by atoms with Gasteiger partial charge in [0.2, 0.25) is 0 Å². The van der Waals surface area contributed by atoms with Crippen LogP contribution in [0.5, 0.6) is 0 Å². The largest absolute Gasteiger partial charge is 0.340 e. The summed E-state index contributed by atoms with van der Waals surface area (Å²) in [6.07, 6.45) is 5.06. The third-order valence-corrected chi connectivity index (χ3v) is 4.31. The van der Waals surface area contributed by atoms with Gasteiger partial charge in [0.15, 0.2) is 0 Å². The first-order chi connectivity index (χ1) is 9.90. The fourth-order valence-corrected chi connectivity index (χ4v) is 3.22. The molecular weight excluding hydrogens is 244 g/mol. The smallest absolute Gasteiger partial charge is 0.128 e. The van der Waals surface area contributed by atoms with Crippen molar-refractivity contribution in [2.45, 2.75) is 25.7 Å². The van der Waals surface area contributed by atoms with Crippen LogP contribution in [0.25, 0.3) is 10.8 Å². The Kier molecular flexibility index (Phi) is 2.80. The number of rotatable bonds is 1. The summed E-state index contributed by atoms with van der Waals surface area (Å²) in [7, 11) is 0. The summed E-state index contributed by atoms with van der Waals surface area (Å²) in [5.41, 5.74) is 4.17. The van der Waals surface area contributed by atoms with Crippen molar-refractivity contribution < 1.29 is 0 Å². The molecular formula is C18H18N2. The monoisotopic (exact) mass is 262 g/mol. The van der Waals surface area contributed by atoms with Gasteiger partial charge in [-0.2, -0.15) is 0 Å². The van der Waals surface area contributed by atoms with Gasteiger partial charge in [0.1, 0.15) is 5.84 Å². The zero-order valence-electron chi connectivity index (χ0n) is 11.5. The quantitative estimate of drug-likeness (QED) is 0.802. The van der Waals surface area contributed by atoms with Gasteiger partial charge < -0.3 is 5.32 Å². The van der Waals surface area contributed by atoms with Crippen molar-refractivity contribution in [3.63, 3.8) is 0 Å². The molecule has 2 aromatic carbocycles. The van der Waals surface area contributed by atoms with Gasteiger partial charge >= 0.3 is 0 Å². The Balaban J connectivity index is 1.63. The topological polar surface area (TPSA) is 24.4 Å². The molecule has 2 aromatic rings. The van der Waals surface area contributed by atoms with E-state index in [0.717, 1.165) is 18.1 Å². The number of fused-ring (bicyclic) bond motifs is 1. The third kappa shape index (κ3) is 2.01. The van der Waals surface area contributed by atoms with E-state index in [-0.39, 0.29) is 0 Å². The highest BCUT2D eigenvalue weighted by atomic mass is 15.0. The van der Waals surface area contributed by atoms with E-state index < -0.39 is 0 Å². The first kappa shape index (κ1) is 11.7. The van der Waals surface area contributed by atoms with Crippen molar-refractivity contribution >= 4 is 22.3 Å². The minimum Gasteiger partial charge on any atom is -0.340 e. The van der Waals surface area contributed by atoms with Crippen molar-refractivity contribution in [2.24, 2.45) is 4.99 Å². The Morgan fingerprint density at radius 3 is 2.70 bits per heavy atom. The van der Waals surface area contributed by atoms with Crippen LogP contribution in [0.2, 0.25) is 0 Å². The lowest BCUT2D eigenvalue weighted by molar-refractivity contribution is 0.687. The average Bonchev–Trinajstić information content (AvgIpc) is 2.91. The van der Waals surface area contributed by atoms with Crippen LogP contribution in [0.3, 0.4) is 0 Å². The van der Waals surface area contributed by atoms with Gasteiger partial charge in [0, 0.05) is 5.69 Å². The molecule has 0 amide bonds. The molecule has 2 heteroatoms. The lowest BCUT2D eigenvalue weighted by Crippen LogP contribution is -2.14. The van der Waals surface area contributed by atoms with Crippen molar-refractivity contribution in [1.29, 1.82) is 0 Å². The summed E-state index contributed by atoms with van der Waals surface area (Å²) in [6.45, 7) is 0.908. The highest BCUT2D eigenvalue weighted by molar-refractivity contribution is 6.10. The maximum atomic E-state index is 4.69. The lowest BCUT2D eigenvalue weighted by atomic mass is 9.93. The van der Waals surface area contributed by atoms with E-state index in [4.69, 9.17) is 0 Å². The summed E-state index contributed by atoms with van der Waals surface area (Å²) < 4.78 is 0. The van der Waals surface area contributed by atoms with Gasteiger partial charge in [0.25, 0.3) is 0 Å². The predicted molar refractivity (Wildman–Crippen MR) is 85.4 cm³/mol. The molecule has 1 heterocycles. The first-order valence-corrected chi connectivity index (χ1v) is 7.42. The Morgan fingerprint density at radius 2 is 1.75 bits per heavy atom. The molecule has 2 aliphatic rings. The van der Waals surface area contributed by atoms with Gasteiger partial charge in [-0.1, -0.05) is 30.3 Å². The van der Waals surface area contributed by atoms with Crippen LogP contribution in [-0.4, -0.2) is 12.4 Å². The lowest BCUT2D eigenvalue weighted by Gasteiger charge is -2.16. The molecule has 0 unspecified atom stereocenters. The molecule has 100 valence electrons. The number of hydrogen-bond acceptors (Lipinski definition) is 2. The predicted octanol–water partition coefficient (Wildman–Crippen LogP) is 4.53. The molecule has 0 aromatic heterocycles. The van der Waals surface area contributed by atoms with E-state index in [1.54, 1.807) is 5.57 Å². The van der Waals surface area contributed by atoms with E-state index in [1.807, 2.05) is 0 Å². The van der Waals surface area contributed by atoms with Crippen LogP contribution >= 0.6 is 0 Å². The van der Waals surface area contributed by atoms with Gasteiger partial charge in [-0.15, -0.1) is 0 Å². The maximum Gasteiger partial charge on any atom is 0.128 e. The van der Waals surface area contributed by atoms with Crippen LogP contribution < -0.4 is 5.32 Å². The van der Waals surface area contributed by atoms with Crippen LogP contribution in [0.4, 0.5) is 5.69 Å². The van der Waals surface area contributed by atoms with Gasteiger partial charge in [-0.05, 0) is 59.7 Å². The molecule has 0 radical (unpaired) electrons. The van der Waals surface area contributed by atoms with E-state index in [1.165, 1.54) is 42.0 Å². The van der Waals surface area contributed by atoms with E-state index in [2.05, 4.69) is 52.8 Å². The summed E-state index contributed by atoms with van der Waals surface area (Å²) in [5, 5.41) is 6.08. The zero-order chi connectivity index (χ0) is 13.4. The van der Waals surface area contributed by atoms with E-state index in [0.29, 0.717) is 0 Å². The van der Waals surface area contributed by atoms with Gasteiger partial charge in [-0.25, -0.2) is 0 Å². The molecule has 2 nitrogen and oxygen atoms in total. The number of hydrogen-bond donors (Lipinski definition) is 1. The van der Waals surface area contributed by atoms with Gasteiger partial charge in [-0.3, -0.25) is 4.99 Å². The molecule has 1 aliphatic heterocycles. The fourth-order valence-electron chi connectivity index (χ4n) is 3.22. The highest BCUT2D eigenvalue weighted by Gasteiger charge is 2.21. The summed E-state index contributed by atoms with van der Waals surface area (Å²) in [6, 6.07) is 15.0. The molecule has 4 rings (SSSR count). The normalized spacial score (nSPS) is 18.1. The molecule has 0 atom stereocenters. The molecule has 0 fully saturated rings. The Hall–Kier alpha value is -2.09. The first-order valence-electron chi connectivity index (χ1n) is 7.42. The molecule has 1 aliphatic carbocycles. The highest BCUT2D eigenvalue weighted by Crippen LogP contribution is 2.30. The average molecular weight is 262 g/mol.